The second-order valence-corrected chi connectivity index (χ2v) is 8.68. The van der Waals surface area contributed by atoms with Crippen LogP contribution in [0.2, 0.25) is 0 Å². The van der Waals surface area contributed by atoms with Crippen LogP contribution in [0.5, 0.6) is 0 Å². The summed E-state index contributed by atoms with van der Waals surface area (Å²) in [6.45, 7) is 3.66. The lowest BCUT2D eigenvalue weighted by Crippen LogP contribution is -2.58. The van der Waals surface area contributed by atoms with Crippen LogP contribution in [-0.2, 0) is 30.4 Å². The van der Waals surface area contributed by atoms with E-state index in [2.05, 4.69) is 28.6 Å². The van der Waals surface area contributed by atoms with Gasteiger partial charge in [0.15, 0.2) is 0 Å². The minimum Gasteiger partial charge on any atom is -0.480 e. The summed E-state index contributed by atoms with van der Waals surface area (Å²) in [6, 6.07) is 4.27. The molecule has 5 atom stereocenters. The lowest BCUT2D eigenvalue weighted by Gasteiger charge is -2.25. The van der Waals surface area contributed by atoms with E-state index >= 15 is 0 Å². The van der Waals surface area contributed by atoms with Crippen molar-refractivity contribution in [1.82, 2.24) is 16.0 Å². The molecule has 0 spiro atoms. The summed E-state index contributed by atoms with van der Waals surface area (Å²) in [5.41, 5.74) is 11.8. The minimum atomic E-state index is -1.24. The highest BCUT2D eigenvalue weighted by molar-refractivity contribution is 7.80. The number of carboxylic acid groups (broad SMARTS) is 1. The predicted octanol–water partition coefficient (Wildman–Crippen LogP) is -0.663. The topological polar surface area (TPSA) is 194 Å². The van der Waals surface area contributed by atoms with E-state index in [1.807, 2.05) is 6.92 Å². The molecule has 1 rings (SSSR count). The van der Waals surface area contributed by atoms with Crippen molar-refractivity contribution in [3.63, 3.8) is 0 Å². The number of benzene rings is 1. The Labute approximate surface area is 210 Å². The number of carbonyl (C=O) groups excluding carboxylic acids is 4. The summed E-state index contributed by atoms with van der Waals surface area (Å²) in [6.07, 6.45) is 0.391. The van der Waals surface area contributed by atoms with Gasteiger partial charge < -0.3 is 32.5 Å². The Morgan fingerprint density at radius 2 is 1.49 bits per heavy atom. The maximum atomic E-state index is 12.9. The average Bonchev–Trinajstić information content (AvgIpc) is 2.83. The van der Waals surface area contributed by atoms with E-state index < -0.39 is 53.8 Å². The average molecular weight is 510 g/mol. The van der Waals surface area contributed by atoms with Crippen LogP contribution in [0.1, 0.15) is 38.7 Å². The molecule has 194 valence electrons. The van der Waals surface area contributed by atoms with Crippen molar-refractivity contribution in [3.8, 4) is 0 Å². The molecular formula is C23H35N5O6S. The second kappa shape index (κ2) is 15.0. The molecule has 0 aliphatic heterocycles. The van der Waals surface area contributed by atoms with Crippen molar-refractivity contribution >= 4 is 42.2 Å². The number of thiol groups is 1. The van der Waals surface area contributed by atoms with Crippen LogP contribution < -0.4 is 27.4 Å². The van der Waals surface area contributed by atoms with Gasteiger partial charge in [0.05, 0.1) is 6.04 Å². The molecule has 12 heteroatoms. The van der Waals surface area contributed by atoms with E-state index in [0.717, 1.165) is 0 Å². The van der Waals surface area contributed by atoms with Crippen LogP contribution in [0.15, 0.2) is 30.3 Å². The molecule has 0 saturated carbocycles. The molecule has 0 radical (unpaired) electrons. The largest absolute Gasteiger partial charge is 0.480 e. The van der Waals surface area contributed by atoms with Gasteiger partial charge in [-0.1, -0.05) is 50.6 Å². The third-order valence-electron chi connectivity index (χ3n) is 5.58. The smallest absolute Gasteiger partial charge is 0.326 e. The Kier molecular flexibility index (Phi) is 12.8. The van der Waals surface area contributed by atoms with Crippen molar-refractivity contribution in [2.24, 2.45) is 17.4 Å². The molecule has 4 amide bonds. The fourth-order valence-corrected chi connectivity index (χ4v) is 3.38. The fourth-order valence-electron chi connectivity index (χ4n) is 3.12. The highest BCUT2D eigenvalue weighted by Gasteiger charge is 2.30. The van der Waals surface area contributed by atoms with Crippen molar-refractivity contribution in [2.75, 3.05) is 5.75 Å². The zero-order valence-corrected chi connectivity index (χ0v) is 20.8. The number of primary amides is 1. The molecule has 0 aliphatic carbocycles. The molecule has 0 aromatic heterocycles. The molecule has 0 aliphatic rings. The number of carbonyl (C=O) groups is 5. The minimum absolute atomic E-state index is 0.0416. The van der Waals surface area contributed by atoms with Gasteiger partial charge in [-0.2, -0.15) is 12.6 Å². The quantitative estimate of drug-likeness (QED) is 0.152. The van der Waals surface area contributed by atoms with Gasteiger partial charge in [0.25, 0.3) is 0 Å². The summed E-state index contributed by atoms with van der Waals surface area (Å²) < 4.78 is 0. The van der Waals surface area contributed by atoms with Gasteiger partial charge in [-0.25, -0.2) is 4.79 Å². The van der Waals surface area contributed by atoms with Gasteiger partial charge in [0.2, 0.25) is 23.6 Å². The monoisotopic (exact) mass is 509 g/mol. The Bertz CT molecular complexity index is 884. The highest BCUT2D eigenvalue weighted by Crippen LogP contribution is 2.08. The standard InChI is InChI=1S/C23H35N5O6S/c1-3-13(2)19(25)22(32)26-15(9-10-18(24)29)20(30)28-17(12-35)21(31)27-16(23(33)34)11-14-7-5-4-6-8-14/h4-8,13,15-17,19,35H,3,9-12,25H2,1-2H3,(H2,24,29)(H,26,32)(H,27,31)(H,28,30)(H,33,34). The first-order valence-corrected chi connectivity index (χ1v) is 12.0. The number of carboxylic acids is 1. The second-order valence-electron chi connectivity index (χ2n) is 8.31. The molecule has 35 heavy (non-hydrogen) atoms. The number of hydrogen-bond donors (Lipinski definition) is 7. The maximum absolute atomic E-state index is 12.9. The predicted molar refractivity (Wildman–Crippen MR) is 133 cm³/mol. The summed E-state index contributed by atoms with van der Waals surface area (Å²) in [4.78, 5) is 61.0. The van der Waals surface area contributed by atoms with Crippen LogP contribution in [0, 0.1) is 5.92 Å². The van der Waals surface area contributed by atoms with Gasteiger partial charge in [-0.05, 0) is 17.9 Å². The van der Waals surface area contributed by atoms with Gasteiger partial charge in [0.1, 0.15) is 18.1 Å². The van der Waals surface area contributed by atoms with Crippen LogP contribution in [0.3, 0.4) is 0 Å². The van der Waals surface area contributed by atoms with Crippen LogP contribution in [0.4, 0.5) is 0 Å². The van der Waals surface area contributed by atoms with Gasteiger partial charge in [-0.15, -0.1) is 0 Å². The van der Waals surface area contributed by atoms with E-state index in [0.29, 0.717) is 12.0 Å². The first kappa shape index (κ1) is 29.9. The van der Waals surface area contributed by atoms with E-state index in [4.69, 9.17) is 11.5 Å². The first-order chi connectivity index (χ1) is 16.5. The summed E-state index contributed by atoms with van der Waals surface area (Å²) in [7, 11) is 0. The summed E-state index contributed by atoms with van der Waals surface area (Å²) >= 11 is 4.09. The van der Waals surface area contributed by atoms with Crippen LogP contribution in [0.25, 0.3) is 0 Å². The third-order valence-corrected chi connectivity index (χ3v) is 5.95. The molecule has 1 aromatic rings. The molecule has 0 saturated heterocycles. The summed E-state index contributed by atoms with van der Waals surface area (Å²) in [5, 5.41) is 16.9. The molecule has 8 N–H and O–H groups in total. The Hall–Kier alpha value is -3.12. The number of aliphatic carboxylic acids is 1. The first-order valence-electron chi connectivity index (χ1n) is 11.3. The summed E-state index contributed by atoms with van der Waals surface area (Å²) in [5.74, 6) is -4.28. The van der Waals surface area contributed by atoms with Gasteiger partial charge in [-0.3, -0.25) is 19.2 Å². The van der Waals surface area contributed by atoms with Crippen molar-refractivity contribution in [2.45, 2.75) is 63.7 Å². The van der Waals surface area contributed by atoms with Gasteiger partial charge >= 0.3 is 5.97 Å². The maximum Gasteiger partial charge on any atom is 0.326 e. The molecule has 0 fully saturated rings. The van der Waals surface area contributed by atoms with Crippen LogP contribution >= 0.6 is 12.6 Å². The highest BCUT2D eigenvalue weighted by atomic mass is 32.1. The fraction of sp³-hybridized carbons (Fsp3) is 0.522. The van der Waals surface area contributed by atoms with E-state index in [9.17, 15) is 29.1 Å². The lowest BCUT2D eigenvalue weighted by atomic mass is 9.98. The lowest BCUT2D eigenvalue weighted by molar-refractivity contribution is -0.142. The van der Waals surface area contributed by atoms with Crippen molar-refractivity contribution < 1.29 is 29.1 Å². The van der Waals surface area contributed by atoms with Crippen molar-refractivity contribution in [3.05, 3.63) is 35.9 Å². The van der Waals surface area contributed by atoms with E-state index in [-0.39, 0.29) is 30.9 Å². The Morgan fingerprint density at radius 1 is 0.943 bits per heavy atom. The molecule has 0 heterocycles. The van der Waals surface area contributed by atoms with E-state index in [1.165, 1.54) is 0 Å². The van der Waals surface area contributed by atoms with E-state index in [1.54, 1.807) is 37.3 Å². The molecule has 0 bridgehead atoms. The van der Waals surface area contributed by atoms with Gasteiger partial charge in [0, 0.05) is 18.6 Å². The number of nitrogens with two attached hydrogens (primary N) is 2. The SMILES string of the molecule is CCC(C)C(N)C(=O)NC(CCC(N)=O)C(=O)NC(CS)C(=O)NC(Cc1ccccc1)C(=O)O. The molecule has 11 nitrogen and oxygen atoms in total. The Balaban J connectivity index is 2.91. The van der Waals surface area contributed by atoms with Crippen LogP contribution in [-0.4, -0.2) is 64.6 Å². The number of hydrogen-bond acceptors (Lipinski definition) is 7. The zero-order chi connectivity index (χ0) is 26.5. The molecular weight excluding hydrogens is 474 g/mol. The number of amides is 4. The van der Waals surface area contributed by atoms with Crippen molar-refractivity contribution in [1.29, 1.82) is 0 Å². The third kappa shape index (κ3) is 10.4. The zero-order valence-electron chi connectivity index (χ0n) is 19.9. The molecule has 1 aromatic carbocycles. The number of nitrogens with one attached hydrogen (secondary N) is 3. The normalized spacial score (nSPS) is 15.1. The molecule has 5 unspecified atom stereocenters. The number of rotatable bonds is 15. The Morgan fingerprint density at radius 3 is 2.00 bits per heavy atom.